The Hall–Kier alpha value is -1.79. The van der Waals surface area contributed by atoms with Crippen LogP contribution in [0.5, 0.6) is 5.75 Å². The highest BCUT2D eigenvalue weighted by molar-refractivity contribution is 9.10. The zero-order chi connectivity index (χ0) is 15.4. The van der Waals surface area contributed by atoms with E-state index in [2.05, 4.69) is 21.2 Å². The summed E-state index contributed by atoms with van der Waals surface area (Å²) in [6.45, 7) is 0.301. The van der Waals surface area contributed by atoms with Gasteiger partial charge < -0.3 is 10.1 Å². The van der Waals surface area contributed by atoms with Crippen LogP contribution in [0.4, 0.5) is 11.4 Å². The summed E-state index contributed by atoms with van der Waals surface area (Å²) in [4.78, 5) is 10.6. The molecule has 0 atom stereocenters. The molecule has 1 N–H and O–H groups in total. The normalized spacial score (nSPS) is 10.2. The third-order valence-electron chi connectivity index (χ3n) is 2.87. The molecule has 2 aromatic rings. The average molecular weight is 372 g/mol. The smallest absolute Gasteiger partial charge is 0.274 e. The molecule has 2 aromatic carbocycles. The fourth-order valence-electron chi connectivity index (χ4n) is 1.85. The van der Waals surface area contributed by atoms with Gasteiger partial charge in [0.05, 0.1) is 22.1 Å². The van der Waals surface area contributed by atoms with Crippen LogP contribution in [0.25, 0.3) is 0 Å². The number of hydrogen-bond acceptors (Lipinski definition) is 4. The molecule has 0 unspecified atom stereocenters. The van der Waals surface area contributed by atoms with Crippen LogP contribution in [0, 0.1) is 10.1 Å². The van der Waals surface area contributed by atoms with Crippen molar-refractivity contribution in [3.8, 4) is 5.75 Å². The molecule has 2 rings (SSSR count). The van der Waals surface area contributed by atoms with Gasteiger partial charge in [-0.25, -0.2) is 0 Å². The number of ether oxygens (including phenoxy) is 1. The van der Waals surface area contributed by atoms with Crippen LogP contribution < -0.4 is 10.1 Å². The van der Waals surface area contributed by atoms with Crippen molar-refractivity contribution in [1.29, 1.82) is 0 Å². The number of nitrogens with zero attached hydrogens (tertiary/aromatic N) is 1. The minimum Gasteiger partial charge on any atom is -0.496 e. The molecule has 0 radical (unpaired) electrons. The summed E-state index contributed by atoms with van der Waals surface area (Å²) in [7, 11) is 1.59. The van der Waals surface area contributed by atoms with E-state index in [1.54, 1.807) is 19.2 Å². The van der Waals surface area contributed by atoms with Gasteiger partial charge in [0.2, 0.25) is 0 Å². The third kappa shape index (κ3) is 3.86. The summed E-state index contributed by atoms with van der Waals surface area (Å²) >= 11 is 9.28. The van der Waals surface area contributed by atoms with Gasteiger partial charge in [-0.05, 0) is 46.3 Å². The van der Waals surface area contributed by atoms with E-state index in [-0.39, 0.29) is 5.69 Å². The Morgan fingerprint density at radius 1 is 1.33 bits per heavy atom. The molecule has 0 spiro atoms. The Bertz CT molecular complexity index is 679. The zero-order valence-electron chi connectivity index (χ0n) is 11.1. The number of halogens is 2. The van der Waals surface area contributed by atoms with E-state index in [0.717, 1.165) is 10.2 Å². The summed E-state index contributed by atoms with van der Waals surface area (Å²) in [6, 6.07) is 9.98. The molecule has 0 saturated heterocycles. The monoisotopic (exact) mass is 370 g/mol. The Morgan fingerprint density at radius 3 is 2.71 bits per heavy atom. The Morgan fingerprint density at radius 2 is 2.10 bits per heavy atom. The number of methoxy groups -OCH3 is 1. The number of nitro groups is 1. The first-order valence-corrected chi connectivity index (χ1v) is 7.18. The molecule has 5 nitrogen and oxygen atoms in total. The lowest BCUT2D eigenvalue weighted by molar-refractivity contribution is -0.385. The first-order chi connectivity index (χ1) is 10.0. The molecular formula is C14H12BrClN2O3. The predicted octanol–water partition coefficient (Wildman–Crippen LogP) is 4.63. The zero-order valence-corrected chi connectivity index (χ0v) is 13.4. The highest BCUT2D eigenvalue weighted by atomic mass is 79.9. The van der Waals surface area contributed by atoms with Crippen molar-refractivity contribution < 1.29 is 9.66 Å². The highest BCUT2D eigenvalue weighted by Gasteiger charge is 2.13. The number of benzene rings is 2. The van der Waals surface area contributed by atoms with E-state index in [0.29, 0.717) is 22.9 Å². The van der Waals surface area contributed by atoms with E-state index in [4.69, 9.17) is 16.3 Å². The molecule has 0 aliphatic carbocycles. The molecule has 0 amide bonds. The Kier molecular flexibility index (Phi) is 5.03. The first kappa shape index (κ1) is 15.6. The largest absolute Gasteiger partial charge is 0.496 e. The number of nitrogens with one attached hydrogen (secondary N) is 1. The maximum atomic E-state index is 11.0. The molecule has 21 heavy (non-hydrogen) atoms. The molecule has 0 bridgehead atoms. The van der Waals surface area contributed by atoms with Crippen LogP contribution in [0.1, 0.15) is 5.56 Å². The molecule has 0 saturated carbocycles. The van der Waals surface area contributed by atoms with Crippen molar-refractivity contribution >= 4 is 38.9 Å². The predicted molar refractivity (Wildman–Crippen MR) is 86.1 cm³/mol. The molecule has 0 aliphatic heterocycles. The van der Waals surface area contributed by atoms with E-state index >= 15 is 0 Å². The van der Waals surface area contributed by atoms with Gasteiger partial charge in [-0.3, -0.25) is 10.1 Å². The van der Waals surface area contributed by atoms with Crippen molar-refractivity contribution in [3.63, 3.8) is 0 Å². The lowest BCUT2D eigenvalue weighted by Gasteiger charge is -2.10. The molecule has 110 valence electrons. The lowest BCUT2D eigenvalue weighted by Crippen LogP contribution is -2.03. The second-order valence-electron chi connectivity index (χ2n) is 4.23. The summed E-state index contributed by atoms with van der Waals surface area (Å²) in [5.74, 6) is 0.717. The number of hydrogen-bond donors (Lipinski definition) is 1. The molecule has 0 heterocycles. The Labute approximate surface area is 135 Å². The van der Waals surface area contributed by atoms with Crippen LogP contribution in [-0.2, 0) is 6.54 Å². The molecule has 0 aliphatic rings. The van der Waals surface area contributed by atoms with E-state index in [1.165, 1.54) is 12.1 Å². The van der Waals surface area contributed by atoms with E-state index in [1.807, 2.05) is 12.1 Å². The van der Waals surface area contributed by atoms with Crippen molar-refractivity contribution in [2.24, 2.45) is 0 Å². The number of rotatable bonds is 5. The van der Waals surface area contributed by atoms with Crippen molar-refractivity contribution in [2.75, 3.05) is 12.4 Å². The topological polar surface area (TPSA) is 64.4 Å². The molecule has 7 heteroatoms. The molecule has 0 fully saturated rings. The second-order valence-corrected chi connectivity index (χ2v) is 5.52. The van der Waals surface area contributed by atoms with Gasteiger partial charge in [-0.2, -0.15) is 0 Å². The van der Waals surface area contributed by atoms with E-state index < -0.39 is 4.92 Å². The van der Waals surface area contributed by atoms with Gasteiger partial charge in [0.1, 0.15) is 5.75 Å². The quantitative estimate of drug-likeness (QED) is 0.614. The maximum absolute atomic E-state index is 11.0. The summed E-state index contributed by atoms with van der Waals surface area (Å²) in [5, 5.41) is 14.6. The third-order valence-corrected chi connectivity index (χ3v) is 3.73. The molecular weight excluding hydrogens is 360 g/mol. The van der Waals surface area contributed by atoms with Gasteiger partial charge in [0.25, 0.3) is 5.69 Å². The standard InChI is InChI=1S/C14H12BrClN2O3/c1-21-14-5-3-11(7-12(14)15)17-8-9-6-10(16)2-4-13(9)18(19)20/h2-7,17H,8H2,1H3. The fourth-order valence-corrected chi connectivity index (χ4v) is 2.58. The summed E-state index contributed by atoms with van der Waals surface area (Å²) in [5.41, 5.74) is 1.39. The van der Waals surface area contributed by atoms with E-state index in [9.17, 15) is 10.1 Å². The minimum absolute atomic E-state index is 0.0412. The van der Waals surface area contributed by atoms with Gasteiger partial charge >= 0.3 is 0 Å². The van der Waals surface area contributed by atoms with Gasteiger partial charge in [0, 0.05) is 23.3 Å². The number of nitro benzene ring substituents is 1. The summed E-state index contributed by atoms with van der Waals surface area (Å²) < 4.78 is 5.95. The lowest BCUT2D eigenvalue weighted by atomic mass is 10.1. The van der Waals surface area contributed by atoms with Crippen molar-refractivity contribution in [2.45, 2.75) is 6.54 Å². The highest BCUT2D eigenvalue weighted by Crippen LogP contribution is 2.29. The van der Waals surface area contributed by atoms with Crippen LogP contribution in [-0.4, -0.2) is 12.0 Å². The van der Waals surface area contributed by atoms with Gasteiger partial charge in [-0.15, -0.1) is 0 Å². The van der Waals surface area contributed by atoms with Crippen LogP contribution in [0.2, 0.25) is 5.02 Å². The maximum Gasteiger partial charge on any atom is 0.274 e. The fraction of sp³-hybridized carbons (Fsp3) is 0.143. The minimum atomic E-state index is -0.419. The Balaban J connectivity index is 2.18. The van der Waals surface area contributed by atoms with Crippen molar-refractivity contribution in [1.82, 2.24) is 0 Å². The average Bonchev–Trinajstić information content (AvgIpc) is 2.45. The van der Waals surface area contributed by atoms with Gasteiger partial charge in [-0.1, -0.05) is 11.6 Å². The van der Waals surface area contributed by atoms with Crippen LogP contribution >= 0.6 is 27.5 Å². The summed E-state index contributed by atoms with van der Waals surface area (Å²) in [6.07, 6.45) is 0. The second kappa shape index (κ2) is 6.78. The SMILES string of the molecule is COc1ccc(NCc2cc(Cl)ccc2[N+](=O)[O-])cc1Br. The van der Waals surface area contributed by atoms with Crippen LogP contribution in [0.3, 0.4) is 0 Å². The van der Waals surface area contributed by atoms with Crippen LogP contribution in [0.15, 0.2) is 40.9 Å². The molecule has 0 aromatic heterocycles. The first-order valence-electron chi connectivity index (χ1n) is 6.01. The van der Waals surface area contributed by atoms with Crippen molar-refractivity contribution in [3.05, 3.63) is 61.6 Å². The number of anilines is 1. The van der Waals surface area contributed by atoms with Gasteiger partial charge in [0.15, 0.2) is 0 Å².